The molecular formula is C32H36ClN5O4. The summed E-state index contributed by atoms with van der Waals surface area (Å²) in [6, 6.07) is 20.2. The van der Waals surface area contributed by atoms with Crippen LogP contribution in [0.25, 0.3) is 11.3 Å². The number of nitrogens with one attached hydrogen (secondary N) is 2. The average molecular weight is 590 g/mol. The Morgan fingerprint density at radius 2 is 1.69 bits per heavy atom. The van der Waals surface area contributed by atoms with E-state index in [1.165, 1.54) is 0 Å². The number of benzene rings is 3. The number of carboxylic acid groups (broad SMARTS) is 1. The van der Waals surface area contributed by atoms with Crippen molar-refractivity contribution in [1.82, 2.24) is 9.80 Å². The fraction of sp³-hybridized carbons (Fsp3) is 0.281. The number of anilines is 3. The summed E-state index contributed by atoms with van der Waals surface area (Å²) >= 11 is 6.18. The quantitative estimate of drug-likeness (QED) is 0.262. The molecule has 1 aliphatic heterocycles. The first-order chi connectivity index (χ1) is 20.0. The van der Waals surface area contributed by atoms with Crippen LogP contribution in [0.4, 0.5) is 17.1 Å². The fourth-order valence-corrected chi connectivity index (χ4v) is 4.82. The van der Waals surface area contributed by atoms with E-state index < -0.39 is 5.97 Å². The highest BCUT2D eigenvalue weighted by molar-refractivity contribution is 6.38. The van der Waals surface area contributed by atoms with E-state index >= 15 is 0 Å². The maximum absolute atomic E-state index is 13.3. The number of nitrogens with zero attached hydrogens (tertiary/aromatic N) is 3. The second-order valence-electron chi connectivity index (χ2n) is 10.7. The standard InChI is InChI=1S/C32H36ClN5O4/c1-36(2)16-17-37(3)20-28(39)38(4)25-12-10-24(11-13-25)34-31(22-7-5-6-21(18-22)8-15-29(40)41)30-26-14-9-23(33)19-27(26)35-32(30)42/h5-7,9-14,18-19,34H,8,15-17,20H2,1-4H3,(H,35,42)(H,40,41). The molecule has 1 aliphatic rings. The third kappa shape index (κ3) is 7.76. The Balaban J connectivity index is 1.63. The minimum absolute atomic E-state index is 0.00372. The largest absolute Gasteiger partial charge is 0.481 e. The molecule has 9 nitrogen and oxygen atoms in total. The summed E-state index contributed by atoms with van der Waals surface area (Å²) in [6.07, 6.45) is 0.368. The van der Waals surface area contributed by atoms with Crippen LogP contribution < -0.4 is 15.5 Å². The van der Waals surface area contributed by atoms with Gasteiger partial charge >= 0.3 is 5.97 Å². The summed E-state index contributed by atoms with van der Waals surface area (Å²) < 4.78 is 0. The van der Waals surface area contributed by atoms with Gasteiger partial charge in [0.25, 0.3) is 5.91 Å². The highest BCUT2D eigenvalue weighted by Crippen LogP contribution is 2.39. The highest BCUT2D eigenvalue weighted by atomic mass is 35.5. The smallest absolute Gasteiger partial charge is 0.303 e. The van der Waals surface area contributed by atoms with E-state index in [1.54, 1.807) is 30.1 Å². The molecule has 2 amide bonds. The molecule has 0 radical (unpaired) electrons. The number of halogens is 1. The maximum Gasteiger partial charge on any atom is 0.303 e. The van der Waals surface area contributed by atoms with E-state index in [9.17, 15) is 14.4 Å². The average Bonchev–Trinajstić information content (AvgIpc) is 3.28. The number of carboxylic acids is 1. The van der Waals surface area contributed by atoms with Gasteiger partial charge in [-0.15, -0.1) is 0 Å². The summed E-state index contributed by atoms with van der Waals surface area (Å²) in [6.45, 7) is 1.95. The summed E-state index contributed by atoms with van der Waals surface area (Å²) in [5, 5.41) is 16.0. The molecule has 220 valence electrons. The zero-order valence-electron chi connectivity index (χ0n) is 24.3. The van der Waals surface area contributed by atoms with Crippen molar-refractivity contribution >= 4 is 57.7 Å². The van der Waals surface area contributed by atoms with Gasteiger partial charge in [-0.05, 0) is 81.2 Å². The Bertz CT molecular complexity index is 1500. The Morgan fingerprint density at radius 3 is 2.38 bits per heavy atom. The zero-order valence-corrected chi connectivity index (χ0v) is 25.0. The number of rotatable bonds is 12. The molecule has 0 atom stereocenters. The lowest BCUT2D eigenvalue weighted by Crippen LogP contribution is -2.39. The molecule has 3 aromatic rings. The molecule has 0 spiro atoms. The monoisotopic (exact) mass is 589 g/mol. The number of aliphatic carboxylic acids is 1. The van der Waals surface area contributed by atoms with Gasteiger partial charge in [0.2, 0.25) is 5.91 Å². The lowest BCUT2D eigenvalue weighted by atomic mass is 9.97. The number of hydrogen-bond acceptors (Lipinski definition) is 6. The highest BCUT2D eigenvalue weighted by Gasteiger charge is 2.29. The van der Waals surface area contributed by atoms with Crippen LogP contribution in [-0.4, -0.2) is 80.5 Å². The van der Waals surface area contributed by atoms with Gasteiger partial charge in [-0.2, -0.15) is 0 Å². The van der Waals surface area contributed by atoms with Crippen LogP contribution in [0.5, 0.6) is 0 Å². The lowest BCUT2D eigenvalue weighted by molar-refractivity contribution is -0.137. The topological polar surface area (TPSA) is 105 Å². The van der Waals surface area contributed by atoms with Crippen molar-refractivity contribution in [3.63, 3.8) is 0 Å². The molecular weight excluding hydrogens is 554 g/mol. The van der Waals surface area contributed by atoms with Gasteiger partial charge in [0, 0.05) is 48.5 Å². The van der Waals surface area contributed by atoms with Crippen molar-refractivity contribution < 1.29 is 19.5 Å². The van der Waals surface area contributed by atoms with Crippen LogP contribution in [0.3, 0.4) is 0 Å². The summed E-state index contributed by atoms with van der Waals surface area (Å²) in [5.74, 6) is -1.16. The van der Waals surface area contributed by atoms with Crippen molar-refractivity contribution in [3.8, 4) is 0 Å². The van der Waals surface area contributed by atoms with Crippen molar-refractivity contribution in [2.24, 2.45) is 0 Å². The van der Waals surface area contributed by atoms with Crippen molar-refractivity contribution in [2.75, 3.05) is 63.4 Å². The molecule has 42 heavy (non-hydrogen) atoms. The first kappa shape index (κ1) is 30.8. The molecule has 0 aromatic heterocycles. The van der Waals surface area contributed by atoms with Gasteiger partial charge in [-0.1, -0.05) is 35.9 Å². The van der Waals surface area contributed by atoms with Gasteiger partial charge in [-0.25, -0.2) is 0 Å². The predicted molar refractivity (Wildman–Crippen MR) is 169 cm³/mol. The van der Waals surface area contributed by atoms with Crippen LogP contribution in [0.1, 0.15) is 23.1 Å². The van der Waals surface area contributed by atoms with E-state index in [0.717, 1.165) is 35.6 Å². The summed E-state index contributed by atoms with van der Waals surface area (Å²) in [4.78, 5) is 43.0. The lowest BCUT2D eigenvalue weighted by Gasteiger charge is -2.23. The Labute approximate surface area is 251 Å². The second kappa shape index (κ2) is 13.7. The molecule has 0 aliphatic carbocycles. The number of hydrogen-bond donors (Lipinski definition) is 3. The first-order valence-electron chi connectivity index (χ1n) is 13.7. The van der Waals surface area contributed by atoms with E-state index in [4.69, 9.17) is 16.7 Å². The van der Waals surface area contributed by atoms with E-state index in [1.807, 2.05) is 74.6 Å². The zero-order chi connectivity index (χ0) is 30.4. The van der Waals surface area contributed by atoms with Gasteiger partial charge in [0.05, 0.1) is 23.5 Å². The Kier molecular flexibility index (Phi) is 10.0. The van der Waals surface area contributed by atoms with Crippen LogP contribution in [0.2, 0.25) is 5.02 Å². The number of likely N-dealkylation sites (N-methyl/N-ethyl adjacent to an activating group) is 3. The van der Waals surface area contributed by atoms with Gasteiger partial charge in [-0.3, -0.25) is 19.3 Å². The van der Waals surface area contributed by atoms with Crippen molar-refractivity contribution in [3.05, 3.63) is 88.4 Å². The van der Waals surface area contributed by atoms with E-state index in [-0.39, 0.29) is 18.2 Å². The van der Waals surface area contributed by atoms with Crippen LogP contribution in [0.15, 0.2) is 66.7 Å². The molecule has 0 fully saturated rings. The molecule has 3 aromatic carbocycles. The van der Waals surface area contributed by atoms with E-state index in [0.29, 0.717) is 40.5 Å². The SMILES string of the molecule is CN(C)CCN(C)CC(=O)N(C)c1ccc(NC(=C2C(=O)Nc3cc(Cl)ccc32)c2cccc(CCC(=O)O)c2)cc1. The molecule has 1 heterocycles. The van der Waals surface area contributed by atoms with Crippen LogP contribution >= 0.6 is 11.6 Å². The minimum Gasteiger partial charge on any atom is -0.481 e. The number of fused-ring (bicyclic) bond motifs is 1. The maximum atomic E-state index is 13.3. The molecule has 0 bridgehead atoms. The second-order valence-corrected chi connectivity index (χ2v) is 11.1. The third-order valence-corrected chi connectivity index (χ3v) is 7.29. The van der Waals surface area contributed by atoms with Gasteiger partial charge < -0.3 is 25.5 Å². The molecule has 3 N–H and O–H groups in total. The fourth-order valence-electron chi connectivity index (χ4n) is 4.65. The molecule has 0 saturated carbocycles. The Morgan fingerprint density at radius 1 is 0.952 bits per heavy atom. The number of carbonyl (C=O) groups is 3. The van der Waals surface area contributed by atoms with Crippen LogP contribution in [0, 0.1) is 0 Å². The van der Waals surface area contributed by atoms with E-state index in [2.05, 4.69) is 15.5 Å². The predicted octanol–water partition coefficient (Wildman–Crippen LogP) is 4.75. The van der Waals surface area contributed by atoms with Crippen LogP contribution in [-0.2, 0) is 20.8 Å². The Hall–Kier alpha value is -4.18. The number of amides is 2. The minimum atomic E-state index is -0.873. The van der Waals surface area contributed by atoms with Gasteiger partial charge in [0.15, 0.2) is 0 Å². The van der Waals surface area contributed by atoms with Gasteiger partial charge in [0.1, 0.15) is 0 Å². The molecule has 0 unspecified atom stereocenters. The van der Waals surface area contributed by atoms with Crippen molar-refractivity contribution in [2.45, 2.75) is 12.8 Å². The number of aryl methyl sites for hydroxylation is 1. The first-order valence-corrected chi connectivity index (χ1v) is 14.0. The third-order valence-electron chi connectivity index (χ3n) is 7.05. The molecule has 10 heteroatoms. The summed E-state index contributed by atoms with van der Waals surface area (Å²) in [7, 11) is 7.69. The van der Waals surface area contributed by atoms with Crippen molar-refractivity contribution in [1.29, 1.82) is 0 Å². The number of carbonyl (C=O) groups excluding carboxylic acids is 2. The normalized spacial score (nSPS) is 13.6. The summed E-state index contributed by atoms with van der Waals surface area (Å²) in [5.41, 5.74) is 5.41. The molecule has 0 saturated heterocycles. The molecule has 4 rings (SSSR count).